The molecule has 1 aromatic rings. The van der Waals surface area contributed by atoms with Gasteiger partial charge in [0.15, 0.2) is 6.10 Å². The van der Waals surface area contributed by atoms with Crippen molar-refractivity contribution in [2.24, 2.45) is 11.7 Å². The molecule has 0 aromatic heterocycles. The largest absolute Gasteiger partial charge is 0.370 e. The third-order valence-corrected chi connectivity index (χ3v) is 3.98. The number of primary amides is 1. The van der Waals surface area contributed by atoms with Crippen LogP contribution in [0.2, 0.25) is 0 Å². The monoisotopic (exact) mass is 290 g/mol. The molecule has 5 nitrogen and oxygen atoms in total. The van der Waals surface area contributed by atoms with E-state index in [9.17, 15) is 9.59 Å². The summed E-state index contributed by atoms with van der Waals surface area (Å²) in [4.78, 5) is 25.3. The number of nitrogens with two attached hydrogens (primary N) is 1. The molecular weight excluding hydrogens is 268 g/mol. The van der Waals surface area contributed by atoms with Crippen LogP contribution in [-0.4, -0.2) is 36.9 Å². The molecule has 0 bridgehead atoms. The Bertz CT molecular complexity index is 482. The Kier molecular flexibility index (Phi) is 5.33. The molecule has 0 unspecified atom stereocenters. The van der Waals surface area contributed by atoms with Gasteiger partial charge in [0, 0.05) is 26.6 Å². The summed E-state index contributed by atoms with van der Waals surface area (Å²) < 4.78 is 5.38. The Hall–Kier alpha value is -1.88. The van der Waals surface area contributed by atoms with Crippen LogP contribution in [0.5, 0.6) is 0 Å². The molecule has 2 rings (SSSR count). The van der Waals surface area contributed by atoms with Crippen molar-refractivity contribution < 1.29 is 14.3 Å². The zero-order valence-corrected chi connectivity index (χ0v) is 12.3. The Morgan fingerprint density at radius 2 is 1.90 bits per heavy atom. The lowest BCUT2D eigenvalue weighted by Gasteiger charge is -2.33. The fourth-order valence-corrected chi connectivity index (χ4v) is 2.82. The maximum atomic E-state index is 12.6. The number of benzene rings is 1. The molecule has 0 radical (unpaired) electrons. The van der Waals surface area contributed by atoms with E-state index in [-0.39, 0.29) is 11.8 Å². The zero-order valence-electron chi connectivity index (χ0n) is 12.3. The first-order valence-corrected chi connectivity index (χ1v) is 7.26. The summed E-state index contributed by atoms with van der Waals surface area (Å²) in [6.45, 7) is 1.31. The third-order valence-electron chi connectivity index (χ3n) is 3.98. The van der Waals surface area contributed by atoms with Crippen LogP contribution >= 0.6 is 0 Å². The van der Waals surface area contributed by atoms with Crippen LogP contribution in [0.1, 0.15) is 30.9 Å². The molecular formula is C16H22N2O3. The number of methoxy groups -OCH3 is 1. The second kappa shape index (κ2) is 7.22. The maximum Gasteiger partial charge on any atom is 0.256 e. The number of hydrogen-bond donors (Lipinski definition) is 1. The highest BCUT2D eigenvalue weighted by Crippen LogP contribution is 2.25. The van der Waals surface area contributed by atoms with Gasteiger partial charge >= 0.3 is 0 Å². The molecule has 1 fully saturated rings. The Balaban J connectivity index is 1.96. The van der Waals surface area contributed by atoms with Crippen LogP contribution in [0.3, 0.4) is 0 Å². The van der Waals surface area contributed by atoms with Crippen LogP contribution in [-0.2, 0) is 14.3 Å². The van der Waals surface area contributed by atoms with Gasteiger partial charge in [-0.3, -0.25) is 9.59 Å². The Labute approximate surface area is 125 Å². The van der Waals surface area contributed by atoms with E-state index in [1.807, 2.05) is 35.2 Å². The van der Waals surface area contributed by atoms with E-state index >= 15 is 0 Å². The summed E-state index contributed by atoms with van der Waals surface area (Å²) in [5.41, 5.74) is 6.09. The Morgan fingerprint density at radius 3 is 2.43 bits per heavy atom. The Morgan fingerprint density at radius 1 is 1.29 bits per heavy atom. The van der Waals surface area contributed by atoms with Crippen molar-refractivity contribution >= 4 is 11.8 Å². The molecule has 1 heterocycles. The summed E-state index contributed by atoms with van der Waals surface area (Å²) in [6.07, 6.45) is 1.49. The number of ether oxygens (including phenoxy) is 1. The zero-order chi connectivity index (χ0) is 15.2. The molecule has 0 aliphatic carbocycles. The highest BCUT2D eigenvalue weighted by Gasteiger charge is 2.29. The standard InChI is InChI=1S/C16H22N2O3/c1-21-15(13-5-3-2-4-6-13)16(20)18-9-7-12(8-10-18)11-14(17)19/h2-6,12,15H,7-11H2,1H3,(H2,17,19)/t15-/m0/s1. The minimum absolute atomic E-state index is 0.0128. The van der Waals surface area contributed by atoms with E-state index in [1.165, 1.54) is 0 Å². The first-order valence-electron chi connectivity index (χ1n) is 7.26. The predicted octanol–water partition coefficient (Wildman–Crippen LogP) is 1.49. The van der Waals surface area contributed by atoms with Crippen LogP contribution < -0.4 is 5.73 Å². The van der Waals surface area contributed by atoms with Crippen molar-refractivity contribution in [3.63, 3.8) is 0 Å². The van der Waals surface area contributed by atoms with E-state index in [2.05, 4.69) is 0 Å². The number of hydrogen-bond acceptors (Lipinski definition) is 3. The van der Waals surface area contributed by atoms with Crippen molar-refractivity contribution in [3.8, 4) is 0 Å². The number of nitrogens with zero attached hydrogens (tertiary/aromatic N) is 1. The van der Waals surface area contributed by atoms with Gasteiger partial charge in [0.25, 0.3) is 5.91 Å². The summed E-state index contributed by atoms with van der Waals surface area (Å²) in [7, 11) is 1.55. The number of likely N-dealkylation sites (tertiary alicyclic amines) is 1. The number of piperidine rings is 1. The van der Waals surface area contributed by atoms with Gasteiger partial charge in [0.2, 0.25) is 5.91 Å². The average Bonchev–Trinajstić information content (AvgIpc) is 2.49. The quantitative estimate of drug-likeness (QED) is 0.893. The summed E-state index contributed by atoms with van der Waals surface area (Å²) in [6, 6.07) is 9.50. The van der Waals surface area contributed by atoms with E-state index in [0.29, 0.717) is 25.4 Å². The van der Waals surface area contributed by atoms with Crippen molar-refractivity contribution in [1.82, 2.24) is 4.90 Å². The molecule has 1 aromatic carbocycles. The third kappa shape index (κ3) is 4.04. The van der Waals surface area contributed by atoms with Gasteiger partial charge in [-0.25, -0.2) is 0 Å². The summed E-state index contributed by atoms with van der Waals surface area (Å²) in [5.74, 6) is 0.0179. The van der Waals surface area contributed by atoms with Crippen molar-refractivity contribution in [2.45, 2.75) is 25.4 Å². The highest BCUT2D eigenvalue weighted by atomic mass is 16.5. The van der Waals surface area contributed by atoms with Gasteiger partial charge in [-0.15, -0.1) is 0 Å². The van der Waals surface area contributed by atoms with Crippen molar-refractivity contribution in [2.75, 3.05) is 20.2 Å². The van der Waals surface area contributed by atoms with E-state index in [0.717, 1.165) is 18.4 Å². The molecule has 1 saturated heterocycles. The second-order valence-electron chi connectivity index (χ2n) is 5.47. The lowest BCUT2D eigenvalue weighted by molar-refractivity contribution is -0.143. The molecule has 1 aliphatic rings. The lowest BCUT2D eigenvalue weighted by Crippen LogP contribution is -2.42. The molecule has 21 heavy (non-hydrogen) atoms. The van der Waals surface area contributed by atoms with Gasteiger partial charge in [-0.1, -0.05) is 30.3 Å². The van der Waals surface area contributed by atoms with Crippen molar-refractivity contribution in [1.29, 1.82) is 0 Å². The van der Waals surface area contributed by atoms with Gasteiger partial charge in [0.05, 0.1) is 0 Å². The van der Waals surface area contributed by atoms with E-state index < -0.39 is 6.10 Å². The first-order chi connectivity index (χ1) is 10.1. The SMILES string of the molecule is CO[C@H](C(=O)N1CCC(CC(N)=O)CC1)c1ccccc1. The predicted molar refractivity (Wildman–Crippen MR) is 79.3 cm³/mol. The minimum atomic E-state index is -0.557. The fraction of sp³-hybridized carbons (Fsp3) is 0.500. The van der Waals surface area contributed by atoms with E-state index in [4.69, 9.17) is 10.5 Å². The van der Waals surface area contributed by atoms with Crippen LogP contribution in [0, 0.1) is 5.92 Å². The average molecular weight is 290 g/mol. The fourth-order valence-electron chi connectivity index (χ4n) is 2.82. The summed E-state index contributed by atoms with van der Waals surface area (Å²) in [5, 5.41) is 0. The molecule has 1 atom stereocenters. The second-order valence-corrected chi connectivity index (χ2v) is 5.47. The summed E-state index contributed by atoms with van der Waals surface area (Å²) >= 11 is 0. The van der Waals surface area contributed by atoms with Gasteiger partial charge < -0.3 is 15.4 Å². The first kappa shape index (κ1) is 15.5. The molecule has 2 N–H and O–H groups in total. The number of carbonyl (C=O) groups excluding carboxylic acids is 2. The topological polar surface area (TPSA) is 72.6 Å². The van der Waals surface area contributed by atoms with Gasteiger partial charge in [0.1, 0.15) is 0 Å². The highest BCUT2D eigenvalue weighted by molar-refractivity contribution is 5.82. The van der Waals surface area contributed by atoms with Gasteiger partial charge in [-0.2, -0.15) is 0 Å². The van der Waals surface area contributed by atoms with Gasteiger partial charge in [-0.05, 0) is 24.3 Å². The van der Waals surface area contributed by atoms with E-state index in [1.54, 1.807) is 7.11 Å². The van der Waals surface area contributed by atoms with Crippen LogP contribution in [0.4, 0.5) is 0 Å². The number of carbonyl (C=O) groups is 2. The molecule has 5 heteroatoms. The maximum absolute atomic E-state index is 12.6. The minimum Gasteiger partial charge on any atom is -0.370 e. The number of amides is 2. The smallest absolute Gasteiger partial charge is 0.256 e. The molecule has 1 aliphatic heterocycles. The molecule has 2 amide bonds. The van der Waals surface area contributed by atoms with Crippen LogP contribution in [0.15, 0.2) is 30.3 Å². The normalized spacial score (nSPS) is 17.5. The van der Waals surface area contributed by atoms with Crippen LogP contribution in [0.25, 0.3) is 0 Å². The molecule has 0 saturated carbocycles. The molecule has 114 valence electrons. The molecule has 0 spiro atoms. The lowest BCUT2D eigenvalue weighted by atomic mass is 9.93. The van der Waals surface area contributed by atoms with Crippen molar-refractivity contribution in [3.05, 3.63) is 35.9 Å². The number of rotatable bonds is 5.